The van der Waals surface area contributed by atoms with Crippen LogP contribution in [0.25, 0.3) is 0 Å². The molecule has 4 nitrogen and oxygen atoms in total. The van der Waals surface area contributed by atoms with E-state index in [2.05, 4.69) is 15.3 Å². The molecule has 0 atom stereocenters. The van der Waals surface area contributed by atoms with Gasteiger partial charge in [-0.15, -0.1) is 0 Å². The lowest BCUT2D eigenvalue weighted by Gasteiger charge is -2.21. The number of alkyl halides is 3. The second-order valence-electron chi connectivity index (χ2n) is 4.33. The Hall–Kier alpha value is -1.08. The normalized spacial score (nSPS) is 17.3. The first-order chi connectivity index (χ1) is 8.86. The van der Waals surface area contributed by atoms with E-state index in [4.69, 9.17) is 16.3 Å². The topological polar surface area (TPSA) is 47.0 Å². The second-order valence-corrected chi connectivity index (χ2v) is 4.72. The van der Waals surface area contributed by atoms with Gasteiger partial charge in [-0.1, -0.05) is 11.6 Å². The van der Waals surface area contributed by atoms with E-state index >= 15 is 0 Å². The fraction of sp³-hybridized carbons (Fsp3) is 0.636. The molecule has 1 heterocycles. The molecule has 2 rings (SSSR count). The summed E-state index contributed by atoms with van der Waals surface area (Å²) in [5.41, 5.74) is -1.87. The number of rotatable bonds is 5. The van der Waals surface area contributed by atoms with E-state index in [-0.39, 0.29) is 36.2 Å². The fourth-order valence-electron chi connectivity index (χ4n) is 1.64. The molecule has 8 heteroatoms. The zero-order valence-corrected chi connectivity index (χ0v) is 11.0. The third kappa shape index (κ3) is 3.27. The van der Waals surface area contributed by atoms with Crippen LogP contribution in [0.1, 0.15) is 25.6 Å². The van der Waals surface area contributed by atoms with Gasteiger partial charge >= 0.3 is 6.18 Å². The Morgan fingerprint density at radius 1 is 1.42 bits per heavy atom. The molecule has 106 valence electrons. The van der Waals surface area contributed by atoms with Crippen LogP contribution in [0.3, 0.4) is 0 Å². The van der Waals surface area contributed by atoms with Gasteiger partial charge in [-0.25, -0.2) is 9.97 Å². The van der Waals surface area contributed by atoms with E-state index in [1.807, 2.05) is 0 Å². The van der Waals surface area contributed by atoms with Gasteiger partial charge in [-0.3, -0.25) is 0 Å². The average molecular weight is 296 g/mol. The fourth-order valence-corrected chi connectivity index (χ4v) is 1.84. The van der Waals surface area contributed by atoms with Gasteiger partial charge in [0.1, 0.15) is 23.1 Å². The molecule has 1 aromatic heterocycles. The maximum absolute atomic E-state index is 12.8. The quantitative estimate of drug-likeness (QED) is 0.848. The molecule has 0 unspecified atom stereocenters. The summed E-state index contributed by atoms with van der Waals surface area (Å²) >= 11 is 5.76. The Morgan fingerprint density at radius 3 is 2.63 bits per heavy atom. The SMILES string of the molecule is CCOCc1nc(Cl)cc(NC2(C(F)(F)F)CC2)n1. The van der Waals surface area contributed by atoms with Crippen LogP contribution in [0.2, 0.25) is 5.15 Å². The zero-order chi connectivity index (χ0) is 14.1. The number of halogens is 4. The van der Waals surface area contributed by atoms with Crippen LogP contribution < -0.4 is 5.32 Å². The van der Waals surface area contributed by atoms with Gasteiger partial charge in [0.2, 0.25) is 0 Å². The van der Waals surface area contributed by atoms with Crippen molar-refractivity contribution in [1.82, 2.24) is 9.97 Å². The number of nitrogens with zero attached hydrogens (tertiary/aromatic N) is 2. The lowest BCUT2D eigenvalue weighted by molar-refractivity contribution is -0.151. The van der Waals surface area contributed by atoms with E-state index in [1.54, 1.807) is 6.92 Å². The van der Waals surface area contributed by atoms with E-state index in [0.717, 1.165) is 0 Å². The molecule has 1 N–H and O–H groups in total. The number of anilines is 1. The zero-order valence-electron chi connectivity index (χ0n) is 10.2. The van der Waals surface area contributed by atoms with Crippen molar-refractivity contribution in [3.05, 3.63) is 17.0 Å². The van der Waals surface area contributed by atoms with Crippen LogP contribution in [0, 0.1) is 0 Å². The van der Waals surface area contributed by atoms with E-state index in [1.165, 1.54) is 6.07 Å². The summed E-state index contributed by atoms with van der Waals surface area (Å²) in [6, 6.07) is 1.28. The predicted molar refractivity (Wildman–Crippen MR) is 64.0 cm³/mol. The van der Waals surface area contributed by atoms with Crippen molar-refractivity contribution in [3.8, 4) is 0 Å². The largest absolute Gasteiger partial charge is 0.411 e. The summed E-state index contributed by atoms with van der Waals surface area (Å²) in [7, 11) is 0. The number of hydrogen-bond donors (Lipinski definition) is 1. The molecule has 0 aliphatic heterocycles. The Labute approximate surface area is 113 Å². The molecule has 1 saturated carbocycles. The summed E-state index contributed by atoms with van der Waals surface area (Å²) < 4.78 is 43.6. The highest BCUT2D eigenvalue weighted by Crippen LogP contribution is 2.51. The van der Waals surface area contributed by atoms with Gasteiger partial charge in [0.05, 0.1) is 0 Å². The number of nitrogens with one attached hydrogen (secondary N) is 1. The van der Waals surface area contributed by atoms with Crippen LogP contribution >= 0.6 is 11.6 Å². The minimum atomic E-state index is -4.30. The third-order valence-electron chi connectivity index (χ3n) is 2.84. The minimum Gasteiger partial charge on any atom is -0.374 e. The van der Waals surface area contributed by atoms with Crippen molar-refractivity contribution in [2.24, 2.45) is 0 Å². The van der Waals surface area contributed by atoms with Crippen molar-refractivity contribution in [2.45, 2.75) is 38.1 Å². The summed E-state index contributed by atoms with van der Waals surface area (Å²) in [5, 5.41) is 2.50. The summed E-state index contributed by atoms with van der Waals surface area (Å²) in [6.07, 6.45) is -4.22. The molecule has 0 saturated heterocycles. The van der Waals surface area contributed by atoms with Crippen molar-refractivity contribution in [3.63, 3.8) is 0 Å². The van der Waals surface area contributed by atoms with Crippen molar-refractivity contribution in [1.29, 1.82) is 0 Å². The first kappa shape index (κ1) is 14.3. The van der Waals surface area contributed by atoms with E-state index < -0.39 is 11.7 Å². The predicted octanol–water partition coefficient (Wildman–Crippen LogP) is 3.17. The Bertz CT molecular complexity index is 463. The van der Waals surface area contributed by atoms with Crippen LogP contribution in [-0.4, -0.2) is 28.3 Å². The summed E-state index contributed by atoms with van der Waals surface area (Å²) in [4.78, 5) is 7.87. The molecule has 0 amide bonds. The molecule has 1 aliphatic carbocycles. The molecule has 1 aliphatic rings. The molecule has 0 aromatic carbocycles. The van der Waals surface area contributed by atoms with Crippen LogP contribution in [0.5, 0.6) is 0 Å². The number of hydrogen-bond acceptors (Lipinski definition) is 4. The standard InChI is InChI=1S/C11H13ClF3N3O/c1-2-19-6-9-16-7(12)5-8(17-9)18-10(3-4-10)11(13,14)15/h5H,2-4,6H2,1H3,(H,16,17,18). The maximum Gasteiger partial charge on any atom is 0.411 e. The lowest BCUT2D eigenvalue weighted by Crippen LogP contribution is -2.39. The molecule has 0 spiro atoms. The van der Waals surface area contributed by atoms with Gasteiger partial charge < -0.3 is 10.1 Å². The molecule has 1 aromatic rings. The van der Waals surface area contributed by atoms with Crippen molar-refractivity contribution < 1.29 is 17.9 Å². The summed E-state index contributed by atoms with van der Waals surface area (Å²) in [6.45, 7) is 2.38. The van der Waals surface area contributed by atoms with Crippen LogP contribution in [0.15, 0.2) is 6.07 Å². The van der Waals surface area contributed by atoms with Crippen molar-refractivity contribution in [2.75, 3.05) is 11.9 Å². The summed E-state index contributed by atoms with van der Waals surface area (Å²) in [5.74, 6) is 0.333. The molecule has 0 radical (unpaired) electrons. The van der Waals surface area contributed by atoms with Crippen molar-refractivity contribution >= 4 is 17.4 Å². The molecular weight excluding hydrogens is 283 g/mol. The van der Waals surface area contributed by atoms with E-state index in [0.29, 0.717) is 6.61 Å². The lowest BCUT2D eigenvalue weighted by atomic mass is 10.2. The highest BCUT2D eigenvalue weighted by Gasteiger charge is 2.63. The highest BCUT2D eigenvalue weighted by atomic mass is 35.5. The van der Waals surface area contributed by atoms with Gasteiger partial charge in [0, 0.05) is 12.7 Å². The monoisotopic (exact) mass is 295 g/mol. The first-order valence-corrected chi connectivity index (χ1v) is 6.20. The number of ether oxygens (including phenoxy) is 1. The van der Waals surface area contributed by atoms with Gasteiger partial charge in [-0.05, 0) is 19.8 Å². The third-order valence-corrected chi connectivity index (χ3v) is 3.03. The molecular formula is C11H13ClF3N3O. The van der Waals surface area contributed by atoms with Crippen LogP contribution in [0.4, 0.5) is 19.0 Å². The highest BCUT2D eigenvalue weighted by molar-refractivity contribution is 6.29. The average Bonchev–Trinajstić information content (AvgIpc) is 3.06. The Morgan fingerprint density at radius 2 is 2.11 bits per heavy atom. The van der Waals surface area contributed by atoms with Gasteiger partial charge in [0.15, 0.2) is 5.82 Å². The van der Waals surface area contributed by atoms with E-state index in [9.17, 15) is 13.2 Å². The van der Waals surface area contributed by atoms with Gasteiger partial charge in [-0.2, -0.15) is 13.2 Å². The Balaban J connectivity index is 2.14. The first-order valence-electron chi connectivity index (χ1n) is 5.82. The maximum atomic E-state index is 12.8. The van der Waals surface area contributed by atoms with Crippen LogP contribution in [-0.2, 0) is 11.3 Å². The minimum absolute atomic E-state index is 0.0406. The van der Waals surface area contributed by atoms with Gasteiger partial charge in [0.25, 0.3) is 0 Å². The molecule has 19 heavy (non-hydrogen) atoms. The second kappa shape index (κ2) is 5.13. The molecule has 0 bridgehead atoms. The number of aromatic nitrogens is 2. The molecule has 1 fully saturated rings. The Kier molecular flexibility index (Phi) is 3.87. The smallest absolute Gasteiger partial charge is 0.374 e.